The minimum absolute atomic E-state index is 0.130. The number of amides is 1. The van der Waals surface area contributed by atoms with E-state index < -0.39 is 29.7 Å². The van der Waals surface area contributed by atoms with Gasteiger partial charge in [0.25, 0.3) is 5.91 Å². The van der Waals surface area contributed by atoms with E-state index in [1.807, 2.05) is 0 Å². The maximum absolute atomic E-state index is 12.6. The lowest BCUT2D eigenvalue weighted by molar-refractivity contribution is -0.137. The molecule has 0 unspecified atom stereocenters. The van der Waals surface area contributed by atoms with Crippen molar-refractivity contribution in [3.8, 4) is 11.1 Å². The van der Waals surface area contributed by atoms with Gasteiger partial charge in [0.05, 0.1) is 11.1 Å². The summed E-state index contributed by atoms with van der Waals surface area (Å²) in [5.74, 6) is -1.58. The summed E-state index contributed by atoms with van der Waals surface area (Å²) in [6.45, 7) is 1.33. The van der Waals surface area contributed by atoms with E-state index in [1.54, 1.807) is 18.2 Å². The van der Waals surface area contributed by atoms with Crippen LogP contribution in [0, 0.1) is 0 Å². The molecule has 0 aliphatic rings. The Kier molecular flexibility index (Phi) is 4.92. The molecule has 0 bridgehead atoms. The minimum Gasteiger partial charge on any atom is -0.449 e. The Bertz CT molecular complexity index is 754. The largest absolute Gasteiger partial charge is 0.449 e. The van der Waals surface area contributed by atoms with Gasteiger partial charge in [-0.05, 0) is 36.2 Å². The Morgan fingerprint density at radius 2 is 1.62 bits per heavy atom. The number of hydrogen-bond acceptors (Lipinski definition) is 3. The summed E-state index contributed by atoms with van der Waals surface area (Å²) in [6.07, 6.45) is -5.55. The number of ether oxygens (including phenoxy) is 1. The molecule has 0 heterocycles. The smallest absolute Gasteiger partial charge is 0.416 e. The Labute approximate surface area is 136 Å². The van der Waals surface area contributed by atoms with Crippen LogP contribution in [0.5, 0.6) is 0 Å². The van der Waals surface area contributed by atoms with Gasteiger partial charge >= 0.3 is 12.1 Å². The zero-order valence-corrected chi connectivity index (χ0v) is 12.6. The normalized spacial score (nSPS) is 12.5. The lowest BCUT2D eigenvalue weighted by atomic mass is 9.98. The molecule has 0 aliphatic carbocycles. The van der Waals surface area contributed by atoms with Crippen molar-refractivity contribution in [2.24, 2.45) is 5.73 Å². The second kappa shape index (κ2) is 6.74. The second-order valence-electron chi connectivity index (χ2n) is 5.07. The van der Waals surface area contributed by atoms with Crippen LogP contribution in [0.15, 0.2) is 48.5 Å². The van der Waals surface area contributed by atoms with Gasteiger partial charge in [0.15, 0.2) is 6.10 Å². The lowest BCUT2D eigenvalue weighted by Crippen LogP contribution is -2.30. The van der Waals surface area contributed by atoms with Crippen LogP contribution in [0.4, 0.5) is 13.2 Å². The fourth-order valence-electron chi connectivity index (χ4n) is 2.03. The van der Waals surface area contributed by atoms with Crippen molar-refractivity contribution in [3.63, 3.8) is 0 Å². The van der Waals surface area contributed by atoms with E-state index in [9.17, 15) is 22.8 Å². The van der Waals surface area contributed by atoms with Gasteiger partial charge in [-0.3, -0.25) is 4.79 Å². The monoisotopic (exact) mass is 337 g/mol. The summed E-state index contributed by atoms with van der Waals surface area (Å²) in [6, 6.07) is 10.7. The molecule has 2 aromatic carbocycles. The molecule has 2 rings (SSSR count). The first kappa shape index (κ1) is 17.5. The number of hydrogen-bond donors (Lipinski definition) is 1. The Morgan fingerprint density at radius 1 is 1.04 bits per heavy atom. The second-order valence-corrected chi connectivity index (χ2v) is 5.07. The zero-order valence-electron chi connectivity index (χ0n) is 12.6. The highest BCUT2D eigenvalue weighted by Crippen LogP contribution is 2.32. The molecule has 0 saturated heterocycles. The Balaban J connectivity index is 2.35. The van der Waals surface area contributed by atoms with Crippen LogP contribution in [0.1, 0.15) is 22.8 Å². The first-order valence-electron chi connectivity index (χ1n) is 6.97. The summed E-state index contributed by atoms with van der Waals surface area (Å²) < 4.78 is 42.8. The number of rotatable bonds is 4. The summed E-state index contributed by atoms with van der Waals surface area (Å²) in [4.78, 5) is 23.2. The standard InChI is InChI=1S/C17H14F3NO3/c1-10(15(21)22)24-16(23)14-5-3-2-4-13(14)11-6-8-12(9-7-11)17(18,19)20/h2-10H,1H3,(H2,21,22)/t10-/m0/s1. The molecule has 24 heavy (non-hydrogen) atoms. The molecule has 126 valence electrons. The van der Waals surface area contributed by atoms with E-state index in [-0.39, 0.29) is 5.56 Å². The molecular formula is C17H14F3NO3. The first-order chi connectivity index (χ1) is 11.2. The summed E-state index contributed by atoms with van der Waals surface area (Å²) in [7, 11) is 0. The molecule has 0 radical (unpaired) electrons. The summed E-state index contributed by atoms with van der Waals surface area (Å²) >= 11 is 0. The highest BCUT2D eigenvalue weighted by Gasteiger charge is 2.30. The third-order valence-corrected chi connectivity index (χ3v) is 3.35. The van der Waals surface area contributed by atoms with Gasteiger partial charge in [-0.1, -0.05) is 30.3 Å². The molecule has 1 atom stereocenters. The SMILES string of the molecule is C[C@H](OC(=O)c1ccccc1-c1ccc(C(F)(F)F)cc1)C(N)=O. The van der Waals surface area contributed by atoms with Crippen LogP contribution >= 0.6 is 0 Å². The molecular weight excluding hydrogens is 323 g/mol. The van der Waals surface area contributed by atoms with Crippen molar-refractivity contribution in [1.82, 2.24) is 0 Å². The van der Waals surface area contributed by atoms with Crippen molar-refractivity contribution < 1.29 is 27.5 Å². The number of benzene rings is 2. The number of halogens is 3. The molecule has 0 aromatic heterocycles. The number of alkyl halides is 3. The van der Waals surface area contributed by atoms with Gasteiger partial charge in [0.1, 0.15) is 0 Å². The molecule has 2 N–H and O–H groups in total. The quantitative estimate of drug-likeness (QED) is 0.869. The van der Waals surface area contributed by atoms with E-state index >= 15 is 0 Å². The van der Waals surface area contributed by atoms with E-state index in [1.165, 1.54) is 25.1 Å². The maximum atomic E-state index is 12.6. The van der Waals surface area contributed by atoms with E-state index in [0.717, 1.165) is 12.1 Å². The van der Waals surface area contributed by atoms with Crippen molar-refractivity contribution in [3.05, 3.63) is 59.7 Å². The summed E-state index contributed by atoms with van der Waals surface area (Å²) in [5.41, 5.74) is 5.21. The molecule has 0 fully saturated rings. The van der Waals surface area contributed by atoms with Gasteiger partial charge in [-0.25, -0.2) is 4.79 Å². The number of carbonyl (C=O) groups is 2. The van der Waals surface area contributed by atoms with Gasteiger partial charge in [0.2, 0.25) is 0 Å². The van der Waals surface area contributed by atoms with E-state index in [2.05, 4.69) is 0 Å². The van der Waals surface area contributed by atoms with Crippen LogP contribution < -0.4 is 5.73 Å². The molecule has 0 spiro atoms. The Hall–Kier alpha value is -2.83. The van der Waals surface area contributed by atoms with Gasteiger partial charge in [-0.15, -0.1) is 0 Å². The zero-order chi connectivity index (χ0) is 17.9. The van der Waals surface area contributed by atoms with Gasteiger partial charge in [-0.2, -0.15) is 13.2 Å². The van der Waals surface area contributed by atoms with Crippen LogP contribution in [-0.4, -0.2) is 18.0 Å². The highest BCUT2D eigenvalue weighted by atomic mass is 19.4. The average molecular weight is 337 g/mol. The Morgan fingerprint density at radius 3 is 2.17 bits per heavy atom. The number of esters is 1. The van der Waals surface area contributed by atoms with Crippen molar-refractivity contribution >= 4 is 11.9 Å². The van der Waals surface area contributed by atoms with Crippen LogP contribution in [-0.2, 0) is 15.7 Å². The molecule has 0 aliphatic heterocycles. The van der Waals surface area contributed by atoms with Crippen molar-refractivity contribution in [2.75, 3.05) is 0 Å². The third-order valence-electron chi connectivity index (χ3n) is 3.35. The number of nitrogens with two attached hydrogens (primary N) is 1. The van der Waals surface area contributed by atoms with Crippen LogP contribution in [0.2, 0.25) is 0 Å². The highest BCUT2D eigenvalue weighted by molar-refractivity contribution is 5.98. The molecule has 1 amide bonds. The van der Waals surface area contributed by atoms with Gasteiger partial charge in [0, 0.05) is 0 Å². The fraction of sp³-hybridized carbons (Fsp3) is 0.176. The third kappa shape index (κ3) is 3.92. The van der Waals surface area contributed by atoms with Crippen molar-refractivity contribution in [2.45, 2.75) is 19.2 Å². The average Bonchev–Trinajstić information content (AvgIpc) is 2.54. The minimum atomic E-state index is -4.44. The predicted molar refractivity (Wildman–Crippen MR) is 81.0 cm³/mol. The van der Waals surface area contributed by atoms with E-state index in [0.29, 0.717) is 11.1 Å². The van der Waals surface area contributed by atoms with Crippen LogP contribution in [0.25, 0.3) is 11.1 Å². The topological polar surface area (TPSA) is 69.4 Å². The number of carbonyl (C=O) groups excluding carboxylic acids is 2. The predicted octanol–water partition coefficient (Wildman–Crippen LogP) is 3.40. The maximum Gasteiger partial charge on any atom is 0.416 e. The molecule has 4 nitrogen and oxygen atoms in total. The van der Waals surface area contributed by atoms with Crippen LogP contribution in [0.3, 0.4) is 0 Å². The fourth-order valence-corrected chi connectivity index (χ4v) is 2.03. The first-order valence-corrected chi connectivity index (χ1v) is 6.97. The lowest BCUT2D eigenvalue weighted by Gasteiger charge is -2.13. The number of primary amides is 1. The molecule has 2 aromatic rings. The molecule has 0 saturated carbocycles. The van der Waals surface area contributed by atoms with Crippen molar-refractivity contribution in [1.29, 1.82) is 0 Å². The summed E-state index contributed by atoms with van der Waals surface area (Å²) in [5, 5.41) is 0. The molecule has 7 heteroatoms. The van der Waals surface area contributed by atoms with Gasteiger partial charge < -0.3 is 10.5 Å². The van der Waals surface area contributed by atoms with E-state index in [4.69, 9.17) is 10.5 Å².